The Balaban J connectivity index is 1.43. The van der Waals surface area contributed by atoms with E-state index in [1.54, 1.807) is 23.9 Å². The lowest BCUT2D eigenvalue weighted by Crippen LogP contribution is -2.42. The summed E-state index contributed by atoms with van der Waals surface area (Å²) < 4.78 is 26.4. The van der Waals surface area contributed by atoms with Gasteiger partial charge in [-0.05, 0) is 36.4 Å². The summed E-state index contributed by atoms with van der Waals surface area (Å²) in [5.41, 5.74) is 2.04. The Bertz CT molecular complexity index is 1210. The van der Waals surface area contributed by atoms with Gasteiger partial charge in [0.25, 0.3) is 15.9 Å². The molecule has 0 bridgehead atoms. The first-order valence-corrected chi connectivity index (χ1v) is 11.7. The number of hydrogen-bond donors (Lipinski definition) is 1. The molecule has 0 saturated carbocycles. The molecule has 0 fully saturated rings. The topological polar surface area (TPSA) is 77.9 Å². The summed E-state index contributed by atoms with van der Waals surface area (Å²) in [5, 5.41) is 10.8. The third-order valence-corrected chi connectivity index (χ3v) is 8.15. The zero-order valence-electron chi connectivity index (χ0n) is 15.8. The van der Waals surface area contributed by atoms with Gasteiger partial charge in [0, 0.05) is 9.79 Å². The van der Waals surface area contributed by atoms with Gasteiger partial charge in [-0.2, -0.15) is 0 Å². The predicted octanol–water partition coefficient (Wildman–Crippen LogP) is 3.49. The maximum absolute atomic E-state index is 12.8. The summed E-state index contributed by atoms with van der Waals surface area (Å²) in [5.74, 6) is -0.598. The number of para-hydroxylation sites is 2. The number of anilines is 2. The van der Waals surface area contributed by atoms with Gasteiger partial charge in [0.2, 0.25) is 0 Å². The van der Waals surface area contributed by atoms with E-state index in [1.165, 1.54) is 12.1 Å². The molecule has 6 nitrogen and oxygen atoms in total. The number of β-amino-alcohol motifs (C(OH)–C–C–N with tert-alkyl or cyclic N) is 1. The minimum Gasteiger partial charge on any atom is -0.389 e. The fraction of sp³-hybridized carbons (Fsp3) is 0.136. The first kappa shape index (κ1) is 19.2. The highest BCUT2D eigenvalue weighted by Gasteiger charge is 2.42. The molecule has 3 aromatic rings. The molecule has 2 aliphatic rings. The molecule has 2 aliphatic heterocycles. The highest BCUT2D eigenvalue weighted by molar-refractivity contribution is 7.99. The normalized spacial score (nSPS) is 17.3. The molecule has 1 N–H and O–H groups in total. The van der Waals surface area contributed by atoms with Crippen molar-refractivity contribution in [1.29, 1.82) is 0 Å². The number of nitrogens with zero attached hydrogens (tertiary/aromatic N) is 2. The molecule has 5 rings (SSSR count). The van der Waals surface area contributed by atoms with Gasteiger partial charge in [-0.1, -0.05) is 48.2 Å². The lowest BCUT2D eigenvalue weighted by atomic mass is 10.2. The third-order valence-electron chi connectivity index (χ3n) is 5.21. The van der Waals surface area contributed by atoms with E-state index in [4.69, 9.17) is 0 Å². The van der Waals surface area contributed by atoms with Crippen LogP contribution >= 0.6 is 11.8 Å². The lowest BCUT2D eigenvalue weighted by Gasteiger charge is -2.34. The third kappa shape index (κ3) is 2.99. The van der Waals surface area contributed by atoms with Crippen molar-refractivity contribution in [1.82, 2.24) is 4.31 Å². The molecule has 0 aromatic heterocycles. The monoisotopic (exact) mass is 438 g/mol. The molecule has 8 heteroatoms. The van der Waals surface area contributed by atoms with Gasteiger partial charge < -0.3 is 10.0 Å². The van der Waals surface area contributed by atoms with Crippen molar-refractivity contribution in [2.45, 2.75) is 20.8 Å². The Morgan fingerprint density at radius 1 is 0.833 bits per heavy atom. The van der Waals surface area contributed by atoms with E-state index in [-0.39, 0.29) is 23.5 Å². The van der Waals surface area contributed by atoms with Crippen LogP contribution in [0.25, 0.3) is 0 Å². The second-order valence-corrected chi connectivity index (χ2v) is 10.1. The van der Waals surface area contributed by atoms with E-state index in [2.05, 4.69) is 0 Å². The number of benzene rings is 3. The fourth-order valence-corrected chi connectivity index (χ4v) is 6.55. The summed E-state index contributed by atoms with van der Waals surface area (Å²) >= 11 is 1.65. The fourth-order valence-electron chi connectivity index (χ4n) is 3.85. The van der Waals surface area contributed by atoms with Gasteiger partial charge in [-0.3, -0.25) is 4.79 Å². The van der Waals surface area contributed by atoms with Crippen molar-refractivity contribution in [3.63, 3.8) is 0 Å². The molecule has 1 atom stereocenters. The van der Waals surface area contributed by atoms with Crippen LogP contribution in [0.3, 0.4) is 0 Å². The van der Waals surface area contributed by atoms with Crippen molar-refractivity contribution in [3.8, 4) is 0 Å². The van der Waals surface area contributed by atoms with Crippen molar-refractivity contribution in [3.05, 3.63) is 78.4 Å². The van der Waals surface area contributed by atoms with E-state index in [9.17, 15) is 18.3 Å². The van der Waals surface area contributed by atoms with Gasteiger partial charge in [0.05, 0.1) is 36.1 Å². The van der Waals surface area contributed by atoms with Crippen molar-refractivity contribution >= 4 is 39.1 Å². The Kier molecular flexibility index (Phi) is 4.57. The van der Waals surface area contributed by atoms with Gasteiger partial charge in [-0.15, -0.1) is 0 Å². The van der Waals surface area contributed by atoms with Crippen molar-refractivity contribution < 1.29 is 18.3 Å². The number of amides is 1. The quantitative estimate of drug-likeness (QED) is 0.672. The molecule has 0 spiro atoms. The van der Waals surface area contributed by atoms with E-state index < -0.39 is 22.0 Å². The summed E-state index contributed by atoms with van der Waals surface area (Å²) in [6, 6.07) is 21.9. The molecule has 3 aromatic carbocycles. The summed E-state index contributed by atoms with van der Waals surface area (Å²) in [6.45, 7) is -0.145. The van der Waals surface area contributed by atoms with Crippen LogP contribution in [0, 0.1) is 0 Å². The van der Waals surface area contributed by atoms with Crippen LogP contribution in [0.4, 0.5) is 11.4 Å². The van der Waals surface area contributed by atoms with Gasteiger partial charge in [0.15, 0.2) is 0 Å². The number of carbonyl (C=O) groups is 1. The Morgan fingerprint density at radius 3 is 2.03 bits per heavy atom. The average Bonchev–Trinajstić information content (AvgIpc) is 2.94. The number of aliphatic hydroxyl groups is 1. The first-order chi connectivity index (χ1) is 14.5. The molecular weight excluding hydrogens is 420 g/mol. The van der Waals surface area contributed by atoms with Crippen LogP contribution in [0.2, 0.25) is 0 Å². The molecule has 152 valence electrons. The number of hydrogen-bond acceptors (Lipinski definition) is 6. The van der Waals surface area contributed by atoms with E-state index in [0.29, 0.717) is 0 Å². The van der Waals surface area contributed by atoms with E-state index in [0.717, 1.165) is 25.5 Å². The van der Waals surface area contributed by atoms with E-state index in [1.807, 2.05) is 53.4 Å². The SMILES string of the molecule is O=C1c2ccccc2S(=O)(=O)N1C[C@H](O)CN1c2ccccc2Sc2ccccc21. The number of carbonyl (C=O) groups excluding carboxylic acids is 1. The first-order valence-electron chi connectivity index (χ1n) is 9.44. The molecule has 0 radical (unpaired) electrons. The average molecular weight is 439 g/mol. The van der Waals surface area contributed by atoms with Crippen LogP contribution in [-0.2, 0) is 10.0 Å². The number of aliphatic hydroxyl groups excluding tert-OH is 1. The highest BCUT2D eigenvalue weighted by atomic mass is 32.2. The predicted molar refractivity (Wildman–Crippen MR) is 115 cm³/mol. The Morgan fingerprint density at radius 2 is 1.40 bits per heavy atom. The zero-order chi connectivity index (χ0) is 20.9. The zero-order valence-corrected chi connectivity index (χ0v) is 17.4. The minimum atomic E-state index is -3.95. The number of rotatable bonds is 4. The molecule has 0 aliphatic carbocycles. The molecule has 1 amide bonds. The lowest BCUT2D eigenvalue weighted by molar-refractivity contribution is 0.0801. The van der Waals surface area contributed by atoms with Crippen LogP contribution in [0.15, 0.2) is 87.5 Å². The number of fused-ring (bicyclic) bond motifs is 3. The molecule has 0 saturated heterocycles. The van der Waals surface area contributed by atoms with Crippen LogP contribution in [-0.4, -0.2) is 42.9 Å². The van der Waals surface area contributed by atoms with Crippen molar-refractivity contribution in [2.75, 3.05) is 18.0 Å². The van der Waals surface area contributed by atoms with Gasteiger partial charge >= 0.3 is 0 Å². The molecular formula is C22H18N2O4S2. The summed E-state index contributed by atoms with van der Waals surface area (Å²) in [7, 11) is -3.95. The maximum Gasteiger partial charge on any atom is 0.269 e. The summed E-state index contributed by atoms with van der Waals surface area (Å²) in [6.07, 6.45) is -1.07. The smallest absolute Gasteiger partial charge is 0.269 e. The summed E-state index contributed by atoms with van der Waals surface area (Å²) in [4.78, 5) is 16.7. The molecule has 0 unspecified atom stereocenters. The van der Waals surface area contributed by atoms with Crippen LogP contribution < -0.4 is 4.90 Å². The second-order valence-electron chi connectivity index (χ2n) is 7.14. The van der Waals surface area contributed by atoms with Crippen LogP contribution in [0.5, 0.6) is 0 Å². The molecule has 2 heterocycles. The minimum absolute atomic E-state index is 0.00716. The van der Waals surface area contributed by atoms with Crippen LogP contribution in [0.1, 0.15) is 10.4 Å². The van der Waals surface area contributed by atoms with Crippen molar-refractivity contribution in [2.24, 2.45) is 0 Å². The maximum atomic E-state index is 12.8. The highest BCUT2D eigenvalue weighted by Crippen LogP contribution is 2.47. The Hall–Kier alpha value is -2.81. The van der Waals surface area contributed by atoms with Gasteiger partial charge in [0.1, 0.15) is 4.90 Å². The number of sulfonamides is 1. The molecule has 30 heavy (non-hydrogen) atoms. The standard InChI is InChI=1S/C22H18N2O4S2/c25-15(14-24-22(26)16-7-1-6-12-21(16)30(24,27)28)13-23-17-8-2-4-10-19(17)29-20-11-5-3-9-18(20)23/h1-12,15,25H,13-14H2/t15-/m1/s1. The van der Waals surface area contributed by atoms with E-state index >= 15 is 0 Å². The van der Waals surface area contributed by atoms with Gasteiger partial charge in [-0.25, -0.2) is 12.7 Å². The second kappa shape index (κ2) is 7.16. The Labute approximate surface area is 178 Å². The largest absolute Gasteiger partial charge is 0.389 e.